The summed E-state index contributed by atoms with van der Waals surface area (Å²) in [6, 6.07) is 7.68. The van der Waals surface area contributed by atoms with E-state index in [0.717, 1.165) is 30.8 Å². The monoisotopic (exact) mass is 294 g/mol. The van der Waals surface area contributed by atoms with Crippen molar-refractivity contribution in [2.45, 2.75) is 39.8 Å². The highest BCUT2D eigenvalue weighted by Crippen LogP contribution is 2.12. The average molecular weight is 294 g/mol. The number of rotatable bonds is 10. The number of nitrogens with zero attached hydrogens (tertiary/aromatic N) is 1. The van der Waals surface area contributed by atoms with Crippen LogP contribution < -0.4 is 10.5 Å². The lowest BCUT2D eigenvalue weighted by molar-refractivity contribution is 0.0651. The summed E-state index contributed by atoms with van der Waals surface area (Å²) in [6.45, 7) is 10.0. The molecule has 1 aromatic carbocycles. The van der Waals surface area contributed by atoms with Gasteiger partial charge in [0.2, 0.25) is 0 Å². The second-order valence-electron chi connectivity index (χ2n) is 5.68. The highest BCUT2D eigenvalue weighted by Gasteiger charge is 2.13. The van der Waals surface area contributed by atoms with E-state index in [-0.39, 0.29) is 0 Å². The molecule has 0 bridgehead atoms. The summed E-state index contributed by atoms with van der Waals surface area (Å²) < 4.78 is 5.63. The second-order valence-corrected chi connectivity index (χ2v) is 5.68. The molecule has 0 fully saturated rings. The fourth-order valence-corrected chi connectivity index (χ4v) is 2.17. The Hall–Kier alpha value is -1.10. The van der Waals surface area contributed by atoms with Crippen LogP contribution in [0.1, 0.15) is 32.8 Å². The number of hydrogen-bond acceptors (Lipinski definition) is 4. The van der Waals surface area contributed by atoms with E-state index in [0.29, 0.717) is 25.6 Å². The third-order valence-corrected chi connectivity index (χ3v) is 3.78. The largest absolute Gasteiger partial charge is 0.491 e. The summed E-state index contributed by atoms with van der Waals surface area (Å²) in [6.07, 6.45) is 0.694. The Kier molecular flexibility index (Phi) is 8.35. The van der Waals surface area contributed by atoms with Gasteiger partial charge in [-0.3, -0.25) is 0 Å². The van der Waals surface area contributed by atoms with Crippen LogP contribution in [0.5, 0.6) is 5.75 Å². The molecule has 3 N–H and O–H groups in total. The predicted molar refractivity (Wildman–Crippen MR) is 87.4 cm³/mol. The Bertz CT molecular complexity index is 381. The van der Waals surface area contributed by atoms with Gasteiger partial charge < -0.3 is 20.5 Å². The molecule has 2 unspecified atom stereocenters. The fourth-order valence-electron chi connectivity index (χ4n) is 2.17. The van der Waals surface area contributed by atoms with Gasteiger partial charge in [-0.05, 0) is 30.2 Å². The molecule has 0 spiro atoms. The molecule has 1 aromatic rings. The number of likely N-dealkylation sites (N-methyl/N-ethyl adjacent to an activating group) is 1. The van der Waals surface area contributed by atoms with Gasteiger partial charge in [-0.25, -0.2) is 0 Å². The standard InChI is InChI=1S/C17H30N2O2/c1-4-14(3)11-19(5-2)12-16(20)13-21-17-8-6-15(10-18)7-9-17/h6-9,14,16,20H,4-5,10-13,18H2,1-3H3. The van der Waals surface area contributed by atoms with Crippen LogP contribution >= 0.6 is 0 Å². The summed E-state index contributed by atoms with van der Waals surface area (Å²) in [7, 11) is 0. The lowest BCUT2D eigenvalue weighted by atomic mass is 10.1. The van der Waals surface area contributed by atoms with Crippen LogP contribution in [0, 0.1) is 5.92 Å². The lowest BCUT2D eigenvalue weighted by Crippen LogP contribution is -2.37. The van der Waals surface area contributed by atoms with E-state index in [1.807, 2.05) is 24.3 Å². The van der Waals surface area contributed by atoms with Gasteiger partial charge in [0.05, 0.1) is 0 Å². The molecule has 0 saturated heterocycles. The number of aliphatic hydroxyl groups excluding tert-OH is 1. The van der Waals surface area contributed by atoms with Crippen molar-refractivity contribution in [1.82, 2.24) is 4.90 Å². The third-order valence-electron chi connectivity index (χ3n) is 3.78. The molecule has 4 heteroatoms. The van der Waals surface area contributed by atoms with Crippen molar-refractivity contribution >= 4 is 0 Å². The van der Waals surface area contributed by atoms with Crippen LogP contribution in [0.2, 0.25) is 0 Å². The molecule has 120 valence electrons. The van der Waals surface area contributed by atoms with E-state index in [4.69, 9.17) is 10.5 Å². The summed E-state index contributed by atoms with van der Waals surface area (Å²) in [5, 5.41) is 10.1. The van der Waals surface area contributed by atoms with Gasteiger partial charge in [0.1, 0.15) is 18.5 Å². The van der Waals surface area contributed by atoms with Gasteiger partial charge in [-0.15, -0.1) is 0 Å². The van der Waals surface area contributed by atoms with Crippen molar-refractivity contribution < 1.29 is 9.84 Å². The fraction of sp³-hybridized carbons (Fsp3) is 0.647. The first-order valence-electron chi connectivity index (χ1n) is 7.91. The predicted octanol–water partition coefficient (Wildman–Crippen LogP) is 2.25. The first-order chi connectivity index (χ1) is 10.1. The molecule has 2 atom stereocenters. The van der Waals surface area contributed by atoms with Crippen molar-refractivity contribution in [1.29, 1.82) is 0 Å². The Balaban J connectivity index is 2.36. The molecule has 0 radical (unpaired) electrons. The van der Waals surface area contributed by atoms with Crippen LogP contribution in [0.25, 0.3) is 0 Å². The number of nitrogens with two attached hydrogens (primary N) is 1. The maximum Gasteiger partial charge on any atom is 0.119 e. The highest BCUT2D eigenvalue weighted by molar-refractivity contribution is 5.27. The van der Waals surface area contributed by atoms with Gasteiger partial charge in [0.15, 0.2) is 0 Å². The van der Waals surface area contributed by atoms with Crippen LogP contribution in [-0.4, -0.2) is 42.4 Å². The number of benzene rings is 1. The zero-order valence-electron chi connectivity index (χ0n) is 13.6. The molecule has 0 aliphatic carbocycles. The SMILES string of the molecule is CCC(C)CN(CC)CC(O)COc1ccc(CN)cc1. The van der Waals surface area contributed by atoms with E-state index in [9.17, 15) is 5.11 Å². The zero-order chi connectivity index (χ0) is 15.7. The summed E-state index contributed by atoms with van der Waals surface area (Å²) >= 11 is 0. The van der Waals surface area contributed by atoms with Gasteiger partial charge in [0, 0.05) is 19.6 Å². The van der Waals surface area contributed by atoms with Crippen molar-refractivity contribution in [3.63, 3.8) is 0 Å². The molecule has 0 aromatic heterocycles. The van der Waals surface area contributed by atoms with Crippen molar-refractivity contribution in [3.8, 4) is 5.75 Å². The van der Waals surface area contributed by atoms with Crippen LogP contribution in [0.3, 0.4) is 0 Å². The Morgan fingerprint density at radius 3 is 2.38 bits per heavy atom. The first kappa shape index (κ1) is 18.0. The molecule has 0 heterocycles. The van der Waals surface area contributed by atoms with E-state index in [1.165, 1.54) is 0 Å². The number of hydrogen-bond donors (Lipinski definition) is 2. The molecule has 0 saturated carbocycles. The molecule has 0 aliphatic rings. The summed E-state index contributed by atoms with van der Waals surface area (Å²) in [5.41, 5.74) is 6.63. The Morgan fingerprint density at radius 1 is 1.19 bits per heavy atom. The third kappa shape index (κ3) is 6.93. The minimum Gasteiger partial charge on any atom is -0.491 e. The number of aliphatic hydroxyl groups is 1. The molecular weight excluding hydrogens is 264 g/mol. The van der Waals surface area contributed by atoms with Crippen molar-refractivity contribution in [2.75, 3.05) is 26.2 Å². The van der Waals surface area contributed by atoms with Crippen LogP contribution in [0.15, 0.2) is 24.3 Å². The van der Waals surface area contributed by atoms with Gasteiger partial charge in [-0.1, -0.05) is 39.3 Å². The Morgan fingerprint density at radius 2 is 1.86 bits per heavy atom. The normalized spacial score (nSPS) is 14.2. The van der Waals surface area contributed by atoms with Gasteiger partial charge in [0.25, 0.3) is 0 Å². The van der Waals surface area contributed by atoms with E-state index < -0.39 is 6.10 Å². The Labute approximate surface area is 128 Å². The summed E-state index contributed by atoms with van der Waals surface area (Å²) in [5.74, 6) is 1.43. The maximum atomic E-state index is 10.1. The van der Waals surface area contributed by atoms with Crippen LogP contribution in [-0.2, 0) is 6.54 Å². The molecule has 21 heavy (non-hydrogen) atoms. The van der Waals surface area contributed by atoms with Gasteiger partial charge >= 0.3 is 0 Å². The highest BCUT2D eigenvalue weighted by atomic mass is 16.5. The first-order valence-corrected chi connectivity index (χ1v) is 7.91. The van der Waals surface area contributed by atoms with Crippen LogP contribution in [0.4, 0.5) is 0 Å². The van der Waals surface area contributed by atoms with Crippen molar-refractivity contribution in [2.24, 2.45) is 11.7 Å². The van der Waals surface area contributed by atoms with E-state index in [1.54, 1.807) is 0 Å². The lowest BCUT2D eigenvalue weighted by Gasteiger charge is -2.26. The second kappa shape index (κ2) is 9.77. The average Bonchev–Trinajstić information content (AvgIpc) is 2.52. The van der Waals surface area contributed by atoms with E-state index in [2.05, 4.69) is 25.7 Å². The molecule has 4 nitrogen and oxygen atoms in total. The van der Waals surface area contributed by atoms with Crippen molar-refractivity contribution in [3.05, 3.63) is 29.8 Å². The molecule has 0 aliphatic heterocycles. The van der Waals surface area contributed by atoms with Gasteiger partial charge in [-0.2, -0.15) is 0 Å². The summed E-state index contributed by atoms with van der Waals surface area (Å²) in [4.78, 5) is 2.28. The molecular formula is C17H30N2O2. The minimum absolute atomic E-state index is 0.318. The molecule has 0 amide bonds. The zero-order valence-corrected chi connectivity index (χ0v) is 13.6. The maximum absolute atomic E-state index is 10.1. The number of ether oxygens (including phenoxy) is 1. The topological polar surface area (TPSA) is 58.7 Å². The minimum atomic E-state index is -0.469. The van der Waals surface area contributed by atoms with E-state index >= 15 is 0 Å². The smallest absolute Gasteiger partial charge is 0.119 e. The quantitative estimate of drug-likeness (QED) is 0.695. The molecule has 1 rings (SSSR count).